The van der Waals surface area contributed by atoms with Crippen molar-refractivity contribution in [3.8, 4) is 11.3 Å². The molecule has 0 amide bonds. The number of fused-ring (bicyclic) bond motifs is 6. The first kappa shape index (κ1) is 36.8. The van der Waals surface area contributed by atoms with Crippen LogP contribution in [-0.2, 0) is 31.1 Å². The van der Waals surface area contributed by atoms with E-state index in [2.05, 4.69) is 35.3 Å². The summed E-state index contributed by atoms with van der Waals surface area (Å²) in [6.45, 7) is 8.07. The summed E-state index contributed by atoms with van der Waals surface area (Å²) in [6.07, 6.45) is 2.09. The molecule has 6 rings (SSSR count). The third-order valence-electron chi connectivity index (χ3n) is 9.09. The van der Waals surface area contributed by atoms with Crippen molar-refractivity contribution in [1.29, 1.82) is 0 Å². The average molecular weight is 827 g/mol. The van der Waals surface area contributed by atoms with Gasteiger partial charge >= 0.3 is 6.18 Å². The Morgan fingerprint density at radius 2 is 1.31 bits per heavy atom. The molecule has 251 valence electrons. The number of alkyl halides is 3. The van der Waals surface area contributed by atoms with E-state index in [4.69, 9.17) is 0 Å². The van der Waals surface area contributed by atoms with E-state index >= 15 is 0 Å². The van der Waals surface area contributed by atoms with E-state index in [9.17, 15) is 23.1 Å². The van der Waals surface area contributed by atoms with Gasteiger partial charge in [0.15, 0.2) is 5.78 Å². The number of aromatic nitrogens is 1. The molecule has 0 saturated carbocycles. The number of rotatable bonds is 8. The Morgan fingerprint density at radius 1 is 0.750 bits per heavy atom. The fraction of sp³-hybridized carbons (Fsp3) is 0.268. The van der Waals surface area contributed by atoms with Gasteiger partial charge < -0.3 is 5.11 Å². The van der Waals surface area contributed by atoms with Gasteiger partial charge in [0.2, 0.25) is 0 Å². The Balaban J connectivity index is 0.000000279. The van der Waals surface area contributed by atoms with Crippen molar-refractivity contribution in [1.82, 2.24) is 4.98 Å². The molecule has 0 atom stereocenters. The predicted molar refractivity (Wildman–Crippen MR) is 187 cm³/mol. The zero-order valence-corrected chi connectivity index (χ0v) is 29.9. The monoisotopic (exact) mass is 827 g/mol. The quantitative estimate of drug-likeness (QED) is 0.0720. The van der Waals surface area contributed by atoms with Crippen LogP contribution in [0.1, 0.15) is 58.9 Å². The van der Waals surface area contributed by atoms with Crippen LogP contribution in [0.15, 0.2) is 103 Å². The molecule has 0 aliphatic heterocycles. The Labute approximate surface area is 293 Å². The molecule has 1 aromatic heterocycles. The third kappa shape index (κ3) is 7.64. The van der Waals surface area contributed by atoms with Gasteiger partial charge in [0.1, 0.15) is 0 Å². The van der Waals surface area contributed by atoms with Crippen LogP contribution in [0.5, 0.6) is 0 Å². The second kappa shape index (κ2) is 15.9. The van der Waals surface area contributed by atoms with E-state index < -0.39 is 11.7 Å². The molecule has 1 N–H and O–H groups in total. The summed E-state index contributed by atoms with van der Waals surface area (Å²) in [6, 6.07) is 29.0. The van der Waals surface area contributed by atoms with Crippen LogP contribution in [0.3, 0.4) is 0 Å². The summed E-state index contributed by atoms with van der Waals surface area (Å²) >= 11 is 0. The van der Waals surface area contributed by atoms with Gasteiger partial charge in [-0.2, -0.15) is 13.2 Å². The van der Waals surface area contributed by atoms with Crippen molar-refractivity contribution >= 4 is 48.9 Å². The number of benzene rings is 5. The van der Waals surface area contributed by atoms with E-state index in [1.165, 1.54) is 12.1 Å². The fourth-order valence-corrected chi connectivity index (χ4v) is 6.34. The molecule has 1 radical (unpaired) electrons. The first-order valence-electron chi connectivity index (χ1n) is 16.3. The molecule has 0 aliphatic carbocycles. The Hall–Kier alpha value is -4.06. The van der Waals surface area contributed by atoms with E-state index in [0.717, 1.165) is 64.1 Å². The van der Waals surface area contributed by atoms with Gasteiger partial charge in [0, 0.05) is 49.9 Å². The van der Waals surface area contributed by atoms with Crippen molar-refractivity contribution < 1.29 is 43.2 Å². The van der Waals surface area contributed by atoms with Crippen LogP contribution in [-0.4, -0.2) is 15.9 Å². The number of aliphatic hydroxyl groups is 1. The standard InChI is InChI=1S/C28H15F3N.C13H24O2.Ir/c29-28(30,31)26-16-19(15-18-6-2-4-8-21(18)26)27-25-12-11-22-20-7-3-1-5-17(20)9-10-23(22)24(25)13-14-32-27;1-5-10(6-2)12(14)9-13(15)11(7-3)8-4;/h1-14,16H;9-11,14H,5-8H2,1-4H3;/q-1;;/b;12-9-;. The normalized spacial score (nSPS) is 12.1. The Morgan fingerprint density at radius 3 is 1.98 bits per heavy atom. The van der Waals surface area contributed by atoms with Crippen molar-refractivity contribution in [2.75, 3.05) is 0 Å². The summed E-state index contributed by atoms with van der Waals surface area (Å²) in [5.41, 5.74) is 0.156. The number of hydrogen-bond acceptors (Lipinski definition) is 3. The molecule has 0 fully saturated rings. The second-order valence-corrected chi connectivity index (χ2v) is 11.8. The molecule has 48 heavy (non-hydrogen) atoms. The van der Waals surface area contributed by atoms with E-state index in [1.54, 1.807) is 24.4 Å². The topological polar surface area (TPSA) is 50.2 Å². The van der Waals surface area contributed by atoms with Gasteiger partial charge in [-0.05, 0) is 69.6 Å². The minimum absolute atomic E-state index is 0. The number of carbonyl (C=O) groups excluding carboxylic acids is 1. The predicted octanol–water partition coefficient (Wildman–Crippen LogP) is 12.0. The maximum atomic E-state index is 13.8. The van der Waals surface area contributed by atoms with Crippen LogP contribution in [0.2, 0.25) is 0 Å². The number of halogens is 3. The van der Waals surface area contributed by atoms with Crippen molar-refractivity contribution in [3.63, 3.8) is 0 Å². The summed E-state index contributed by atoms with van der Waals surface area (Å²) in [7, 11) is 0. The van der Waals surface area contributed by atoms with E-state index in [-0.39, 0.29) is 48.9 Å². The molecule has 6 aromatic rings. The summed E-state index contributed by atoms with van der Waals surface area (Å²) < 4.78 is 41.5. The van der Waals surface area contributed by atoms with Gasteiger partial charge in [0.25, 0.3) is 0 Å². The maximum Gasteiger partial charge on any atom is 0.403 e. The number of aliphatic hydroxyl groups excluding tert-OH is 1. The maximum absolute atomic E-state index is 13.8. The van der Waals surface area contributed by atoms with Crippen molar-refractivity contribution in [2.45, 2.75) is 59.6 Å². The third-order valence-corrected chi connectivity index (χ3v) is 9.09. The molecule has 7 heteroatoms. The first-order valence-corrected chi connectivity index (χ1v) is 16.3. The van der Waals surface area contributed by atoms with Gasteiger partial charge in [-0.1, -0.05) is 105 Å². The number of allylic oxidation sites excluding steroid dienone is 2. The Bertz CT molecular complexity index is 2080. The molecule has 0 saturated heterocycles. The smallest absolute Gasteiger partial charge is 0.403 e. The van der Waals surface area contributed by atoms with Crippen molar-refractivity contribution in [2.24, 2.45) is 11.8 Å². The zero-order valence-electron chi connectivity index (χ0n) is 27.5. The van der Waals surface area contributed by atoms with Gasteiger partial charge in [-0.3, -0.25) is 9.78 Å². The minimum Gasteiger partial charge on any atom is -0.512 e. The summed E-state index contributed by atoms with van der Waals surface area (Å²) in [5.74, 6) is 0.547. The molecular weight excluding hydrogens is 788 g/mol. The molecule has 0 aliphatic rings. The number of carbonyl (C=O) groups is 1. The molecule has 0 unspecified atom stereocenters. The van der Waals surface area contributed by atoms with Crippen molar-refractivity contribution in [3.05, 3.63) is 115 Å². The molecular formula is C41H39F3IrNO2-. The number of pyridine rings is 1. The summed E-state index contributed by atoms with van der Waals surface area (Å²) in [4.78, 5) is 16.2. The number of nitrogens with zero attached hydrogens (tertiary/aromatic N) is 1. The van der Waals surface area contributed by atoms with E-state index in [0.29, 0.717) is 16.6 Å². The molecule has 5 aromatic carbocycles. The average Bonchev–Trinajstić information content (AvgIpc) is 3.08. The molecule has 3 nitrogen and oxygen atoms in total. The molecule has 0 bridgehead atoms. The van der Waals surface area contributed by atoms with Gasteiger partial charge in [-0.15, -0.1) is 23.6 Å². The molecule has 0 spiro atoms. The Kier molecular flexibility index (Phi) is 12.2. The van der Waals surface area contributed by atoms with Crippen LogP contribution in [0.25, 0.3) is 54.3 Å². The molecule has 1 heterocycles. The second-order valence-electron chi connectivity index (χ2n) is 11.8. The van der Waals surface area contributed by atoms with Crippen LogP contribution in [0.4, 0.5) is 13.2 Å². The minimum atomic E-state index is -4.47. The largest absolute Gasteiger partial charge is 0.512 e. The first-order chi connectivity index (χ1) is 22.6. The summed E-state index contributed by atoms with van der Waals surface area (Å²) in [5, 5.41) is 16.5. The van der Waals surface area contributed by atoms with Crippen LogP contribution < -0.4 is 0 Å². The zero-order chi connectivity index (χ0) is 33.7. The van der Waals surface area contributed by atoms with Gasteiger partial charge in [0.05, 0.1) is 5.76 Å². The SMILES string of the molecule is CCC(CC)C(=O)/C=C(\O)C(CC)CC.FC(F)(F)c1cc(-c2nccc3c2ccc2c4ccccc4ccc32)[c-]c2ccccc12.[Ir]. The number of hydrogen-bond donors (Lipinski definition) is 1. The van der Waals surface area contributed by atoms with Crippen LogP contribution in [0, 0.1) is 17.9 Å². The number of ketones is 1. The van der Waals surface area contributed by atoms with Crippen LogP contribution >= 0.6 is 0 Å². The van der Waals surface area contributed by atoms with Gasteiger partial charge in [-0.25, -0.2) is 0 Å². The fourth-order valence-electron chi connectivity index (χ4n) is 6.34. The van der Waals surface area contributed by atoms with E-state index in [1.807, 2.05) is 58.0 Å².